The van der Waals surface area contributed by atoms with E-state index in [0.29, 0.717) is 12.0 Å². The van der Waals surface area contributed by atoms with Gasteiger partial charge >= 0.3 is 0 Å². The minimum Gasteiger partial charge on any atom is -0.308 e. The third-order valence-corrected chi connectivity index (χ3v) is 4.36. The molecule has 1 aromatic heterocycles. The van der Waals surface area contributed by atoms with Crippen LogP contribution in [0.2, 0.25) is 0 Å². The summed E-state index contributed by atoms with van der Waals surface area (Å²) in [4.78, 5) is 0. The van der Waals surface area contributed by atoms with Crippen molar-refractivity contribution in [3.63, 3.8) is 0 Å². The molecule has 2 rings (SSSR count). The molecule has 15 heavy (non-hydrogen) atoms. The maximum absolute atomic E-state index is 4.31. The molecule has 0 saturated heterocycles. The quantitative estimate of drug-likeness (QED) is 0.837. The van der Waals surface area contributed by atoms with Gasteiger partial charge in [-0.15, -0.1) is 10.2 Å². The standard InChI is InChI=1S/C11H19N3S/c1-4-12-8(3)11-14-13-10(15-11)7(2)9-5-6-9/h7-9,12H,4-6H2,1-3H3. The summed E-state index contributed by atoms with van der Waals surface area (Å²) in [5.74, 6) is 1.49. The maximum Gasteiger partial charge on any atom is 0.134 e. The van der Waals surface area contributed by atoms with Gasteiger partial charge in [-0.25, -0.2) is 0 Å². The maximum atomic E-state index is 4.31. The van der Waals surface area contributed by atoms with Gasteiger partial charge in [-0.2, -0.15) is 0 Å². The lowest BCUT2D eigenvalue weighted by Crippen LogP contribution is -2.17. The first kappa shape index (κ1) is 11.0. The minimum atomic E-state index is 0.340. The highest BCUT2D eigenvalue weighted by atomic mass is 32.1. The van der Waals surface area contributed by atoms with Gasteiger partial charge in [0.05, 0.1) is 6.04 Å². The van der Waals surface area contributed by atoms with Gasteiger partial charge in [0.2, 0.25) is 0 Å². The Hall–Kier alpha value is -0.480. The molecule has 0 radical (unpaired) electrons. The van der Waals surface area contributed by atoms with Crippen molar-refractivity contribution in [2.75, 3.05) is 6.54 Å². The average Bonchev–Trinajstić information content (AvgIpc) is 2.95. The van der Waals surface area contributed by atoms with Crippen LogP contribution in [0.25, 0.3) is 0 Å². The van der Waals surface area contributed by atoms with E-state index in [-0.39, 0.29) is 0 Å². The molecule has 0 aliphatic heterocycles. The van der Waals surface area contributed by atoms with E-state index in [1.165, 1.54) is 17.8 Å². The van der Waals surface area contributed by atoms with E-state index in [1.807, 2.05) is 0 Å². The van der Waals surface area contributed by atoms with Gasteiger partial charge in [-0.1, -0.05) is 25.2 Å². The van der Waals surface area contributed by atoms with Crippen molar-refractivity contribution in [3.05, 3.63) is 10.0 Å². The van der Waals surface area contributed by atoms with Crippen molar-refractivity contribution in [1.82, 2.24) is 15.5 Å². The predicted octanol–water partition coefficient (Wildman–Crippen LogP) is 2.72. The summed E-state index contributed by atoms with van der Waals surface area (Å²) in [7, 11) is 0. The number of hydrogen-bond acceptors (Lipinski definition) is 4. The number of aromatic nitrogens is 2. The summed E-state index contributed by atoms with van der Waals surface area (Å²) in [6.45, 7) is 7.52. The molecule has 1 aromatic rings. The zero-order chi connectivity index (χ0) is 10.8. The van der Waals surface area contributed by atoms with Crippen LogP contribution < -0.4 is 5.32 Å². The van der Waals surface area contributed by atoms with Gasteiger partial charge in [0, 0.05) is 5.92 Å². The van der Waals surface area contributed by atoms with Crippen molar-refractivity contribution in [2.45, 2.75) is 45.6 Å². The van der Waals surface area contributed by atoms with E-state index in [9.17, 15) is 0 Å². The van der Waals surface area contributed by atoms with Crippen molar-refractivity contribution >= 4 is 11.3 Å². The Balaban J connectivity index is 2.02. The van der Waals surface area contributed by atoms with Gasteiger partial charge in [-0.05, 0) is 32.2 Å². The Bertz CT molecular complexity index is 319. The number of nitrogens with one attached hydrogen (secondary N) is 1. The fourth-order valence-electron chi connectivity index (χ4n) is 1.80. The highest BCUT2D eigenvalue weighted by Gasteiger charge is 2.31. The van der Waals surface area contributed by atoms with E-state index in [0.717, 1.165) is 17.5 Å². The SMILES string of the molecule is CCNC(C)c1nnc(C(C)C2CC2)s1. The van der Waals surface area contributed by atoms with Gasteiger partial charge in [0.1, 0.15) is 10.0 Å². The summed E-state index contributed by atoms with van der Waals surface area (Å²) in [6.07, 6.45) is 2.75. The molecule has 0 amide bonds. The molecule has 2 unspecified atom stereocenters. The molecular weight excluding hydrogens is 206 g/mol. The molecule has 1 N–H and O–H groups in total. The van der Waals surface area contributed by atoms with E-state index in [1.54, 1.807) is 11.3 Å². The summed E-state index contributed by atoms with van der Waals surface area (Å²) < 4.78 is 0. The fourth-order valence-corrected chi connectivity index (χ4v) is 2.81. The fraction of sp³-hybridized carbons (Fsp3) is 0.818. The summed E-state index contributed by atoms with van der Waals surface area (Å²) >= 11 is 1.77. The Morgan fingerprint density at radius 2 is 2.00 bits per heavy atom. The highest BCUT2D eigenvalue weighted by Crippen LogP contribution is 2.43. The highest BCUT2D eigenvalue weighted by molar-refractivity contribution is 7.11. The third-order valence-electron chi connectivity index (χ3n) is 3.06. The molecule has 1 heterocycles. The van der Waals surface area contributed by atoms with Crippen LogP contribution in [0.3, 0.4) is 0 Å². The van der Waals surface area contributed by atoms with Gasteiger partial charge in [0.25, 0.3) is 0 Å². The molecule has 1 saturated carbocycles. The van der Waals surface area contributed by atoms with E-state index < -0.39 is 0 Å². The lowest BCUT2D eigenvalue weighted by atomic mass is 10.1. The van der Waals surface area contributed by atoms with Crippen molar-refractivity contribution in [3.8, 4) is 0 Å². The van der Waals surface area contributed by atoms with Crippen LogP contribution in [0.1, 0.15) is 55.6 Å². The second-order valence-corrected chi connectivity index (χ2v) is 5.42. The monoisotopic (exact) mass is 225 g/mol. The molecule has 0 spiro atoms. The Morgan fingerprint density at radius 3 is 2.60 bits per heavy atom. The van der Waals surface area contributed by atoms with Crippen LogP contribution in [0.15, 0.2) is 0 Å². The van der Waals surface area contributed by atoms with E-state index >= 15 is 0 Å². The zero-order valence-corrected chi connectivity index (χ0v) is 10.5. The normalized spacial score (nSPS) is 20.2. The van der Waals surface area contributed by atoms with Crippen LogP contribution >= 0.6 is 11.3 Å². The van der Waals surface area contributed by atoms with Crippen molar-refractivity contribution in [2.24, 2.45) is 5.92 Å². The molecule has 1 aliphatic carbocycles. The molecular formula is C11H19N3S. The molecule has 3 nitrogen and oxygen atoms in total. The van der Waals surface area contributed by atoms with E-state index in [4.69, 9.17) is 0 Å². The smallest absolute Gasteiger partial charge is 0.134 e. The van der Waals surface area contributed by atoms with Crippen LogP contribution in [0.4, 0.5) is 0 Å². The molecule has 84 valence electrons. The van der Waals surface area contributed by atoms with Crippen LogP contribution in [-0.2, 0) is 0 Å². The average molecular weight is 225 g/mol. The van der Waals surface area contributed by atoms with Crippen LogP contribution in [0, 0.1) is 5.92 Å². The summed E-state index contributed by atoms with van der Waals surface area (Å²) in [5, 5.41) is 14.3. The largest absolute Gasteiger partial charge is 0.308 e. The Morgan fingerprint density at radius 1 is 1.33 bits per heavy atom. The summed E-state index contributed by atoms with van der Waals surface area (Å²) in [6, 6.07) is 0.340. The lowest BCUT2D eigenvalue weighted by Gasteiger charge is -2.07. The second kappa shape index (κ2) is 4.58. The van der Waals surface area contributed by atoms with Gasteiger partial charge < -0.3 is 5.32 Å². The molecule has 1 fully saturated rings. The minimum absolute atomic E-state index is 0.340. The van der Waals surface area contributed by atoms with Crippen molar-refractivity contribution in [1.29, 1.82) is 0 Å². The number of hydrogen-bond donors (Lipinski definition) is 1. The summed E-state index contributed by atoms with van der Waals surface area (Å²) in [5.41, 5.74) is 0. The Kier molecular flexibility index (Phi) is 3.36. The number of nitrogens with zero attached hydrogens (tertiary/aromatic N) is 2. The van der Waals surface area contributed by atoms with Gasteiger partial charge in [-0.3, -0.25) is 0 Å². The predicted molar refractivity (Wildman–Crippen MR) is 63.1 cm³/mol. The molecule has 2 atom stereocenters. The lowest BCUT2D eigenvalue weighted by molar-refractivity contribution is 0.587. The first-order chi connectivity index (χ1) is 7.22. The van der Waals surface area contributed by atoms with Crippen LogP contribution in [0.5, 0.6) is 0 Å². The topological polar surface area (TPSA) is 37.8 Å². The van der Waals surface area contributed by atoms with Gasteiger partial charge in [0.15, 0.2) is 0 Å². The third kappa shape index (κ3) is 2.55. The molecule has 4 heteroatoms. The van der Waals surface area contributed by atoms with Crippen LogP contribution in [-0.4, -0.2) is 16.7 Å². The second-order valence-electron chi connectivity index (χ2n) is 4.38. The first-order valence-corrected chi connectivity index (χ1v) is 6.60. The Labute approximate surface area is 95.3 Å². The number of rotatable bonds is 5. The molecule has 0 bridgehead atoms. The van der Waals surface area contributed by atoms with E-state index in [2.05, 4.69) is 36.3 Å². The zero-order valence-electron chi connectivity index (χ0n) is 9.66. The van der Waals surface area contributed by atoms with Crippen molar-refractivity contribution < 1.29 is 0 Å². The molecule has 1 aliphatic rings. The first-order valence-electron chi connectivity index (χ1n) is 5.79. The molecule has 0 aromatic carbocycles.